The molecule has 0 bridgehead atoms. The Kier molecular flexibility index (Phi) is 3.68. The lowest BCUT2D eigenvalue weighted by atomic mass is 10.2. The van der Waals surface area contributed by atoms with E-state index in [-0.39, 0.29) is 5.82 Å². The first-order valence-corrected chi connectivity index (χ1v) is 7.51. The average molecular weight is 322 g/mol. The molecule has 3 aromatic rings. The summed E-state index contributed by atoms with van der Waals surface area (Å²) in [6.45, 7) is 0.636. The molecule has 0 atom stereocenters. The second-order valence-electron chi connectivity index (χ2n) is 5.36. The van der Waals surface area contributed by atoms with Crippen molar-refractivity contribution >= 4 is 5.84 Å². The third-order valence-electron chi connectivity index (χ3n) is 3.73. The highest BCUT2D eigenvalue weighted by Crippen LogP contribution is 2.15. The number of rotatable bonds is 4. The van der Waals surface area contributed by atoms with Crippen molar-refractivity contribution in [3.05, 3.63) is 83.9 Å². The normalized spacial score (nSPS) is 13.7. The van der Waals surface area contributed by atoms with Crippen LogP contribution in [0.25, 0.3) is 5.69 Å². The predicted octanol–water partition coefficient (Wildman–Crippen LogP) is 2.20. The predicted molar refractivity (Wildman–Crippen MR) is 88.3 cm³/mol. The summed E-state index contributed by atoms with van der Waals surface area (Å²) in [6.07, 6.45) is 3.42. The SMILES string of the molecule is Fc1ccccc1-n1cc(C2=NNNN2Cc2ccccc2)cn1. The second kappa shape index (κ2) is 6.13. The largest absolute Gasteiger partial charge is 0.266 e. The van der Waals surface area contributed by atoms with Crippen LogP contribution in [0.2, 0.25) is 0 Å². The first kappa shape index (κ1) is 14.4. The van der Waals surface area contributed by atoms with Crippen molar-refractivity contribution in [1.82, 2.24) is 25.9 Å². The van der Waals surface area contributed by atoms with Crippen LogP contribution in [-0.4, -0.2) is 20.6 Å². The first-order chi connectivity index (χ1) is 11.8. The first-order valence-electron chi connectivity index (χ1n) is 7.51. The minimum atomic E-state index is -0.321. The molecule has 120 valence electrons. The van der Waals surface area contributed by atoms with Gasteiger partial charge in [-0.2, -0.15) is 5.10 Å². The fourth-order valence-electron chi connectivity index (χ4n) is 2.56. The summed E-state index contributed by atoms with van der Waals surface area (Å²) < 4.78 is 15.4. The Morgan fingerprint density at radius 2 is 1.79 bits per heavy atom. The molecule has 6 nitrogen and oxygen atoms in total. The Hall–Kier alpha value is -3.19. The molecule has 0 amide bonds. The van der Waals surface area contributed by atoms with Gasteiger partial charge >= 0.3 is 0 Å². The molecule has 2 N–H and O–H groups in total. The zero-order valence-electron chi connectivity index (χ0n) is 12.7. The Morgan fingerprint density at radius 1 is 1.00 bits per heavy atom. The molecule has 0 fully saturated rings. The van der Waals surface area contributed by atoms with Crippen molar-refractivity contribution in [2.45, 2.75) is 6.54 Å². The zero-order chi connectivity index (χ0) is 16.4. The third kappa shape index (κ3) is 2.72. The molecule has 0 saturated heterocycles. The van der Waals surface area contributed by atoms with Crippen LogP contribution in [0.4, 0.5) is 4.39 Å². The molecule has 0 radical (unpaired) electrons. The standard InChI is InChI=1S/C17H15FN6/c18-15-8-4-5-9-16(15)23-12-14(10-19-23)17-20-21-22-24(17)11-13-6-2-1-3-7-13/h1-10,12,21-22H,11H2. The fraction of sp³-hybridized carbons (Fsp3) is 0.0588. The maximum absolute atomic E-state index is 13.9. The number of hydrazone groups is 1. The summed E-state index contributed by atoms with van der Waals surface area (Å²) in [4.78, 5) is 0. The Bertz CT molecular complexity index is 874. The zero-order valence-corrected chi connectivity index (χ0v) is 12.7. The fourth-order valence-corrected chi connectivity index (χ4v) is 2.56. The van der Waals surface area contributed by atoms with E-state index in [1.165, 1.54) is 10.7 Å². The Morgan fingerprint density at radius 3 is 2.62 bits per heavy atom. The minimum Gasteiger partial charge on any atom is -0.266 e. The van der Waals surface area contributed by atoms with Crippen LogP contribution in [-0.2, 0) is 6.54 Å². The topological polar surface area (TPSA) is 57.5 Å². The van der Waals surface area contributed by atoms with E-state index in [0.717, 1.165) is 11.1 Å². The van der Waals surface area contributed by atoms with Crippen LogP contribution >= 0.6 is 0 Å². The summed E-state index contributed by atoms with van der Waals surface area (Å²) in [6, 6.07) is 16.6. The van der Waals surface area contributed by atoms with Crippen molar-refractivity contribution in [2.75, 3.05) is 0 Å². The molecule has 1 aliphatic rings. The van der Waals surface area contributed by atoms with Crippen molar-refractivity contribution in [3.8, 4) is 5.69 Å². The third-order valence-corrected chi connectivity index (χ3v) is 3.73. The maximum atomic E-state index is 13.9. The number of amidine groups is 1. The molecule has 7 heteroatoms. The van der Waals surface area contributed by atoms with Crippen LogP contribution in [0.1, 0.15) is 11.1 Å². The van der Waals surface area contributed by atoms with Gasteiger partial charge in [-0.15, -0.1) is 10.6 Å². The van der Waals surface area contributed by atoms with E-state index >= 15 is 0 Å². The van der Waals surface area contributed by atoms with Crippen molar-refractivity contribution in [3.63, 3.8) is 0 Å². The van der Waals surface area contributed by atoms with Gasteiger partial charge in [0, 0.05) is 6.20 Å². The molecule has 2 heterocycles. The molecule has 0 aliphatic carbocycles. The quantitative estimate of drug-likeness (QED) is 0.773. The molecule has 1 aliphatic heterocycles. The monoisotopic (exact) mass is 322 g/mol. The van der Waals surface area contributed by atoms with Gasteiger partial charge in [-0.3, -0.25) is 5.01 Å². The maximum Gasteiger partial charge on any atom is 0.176 e. The molecule has 4 rings (SSSR count). The van der Waals surface area contributed by atoms with Crippen LogP contribution in [0.15, 0.2) is 72.1 Å². The average Bonchev–Trinajstić information content (AvgIpc) is 3.25. The van der Waals surface area contributed by atoms with Crippen molar-refractivity contribution in [2.24, 2.45) is 5.10 Å². The minimum absolute atomic E-state index is 0.321. The lowest BCUT2D eigenvalue weighted by Crippen LogP contribution is -2.40. The van der Waals surface area contributed by atoms with E-state index in [9.17, 15) is 4.39 Å². The van der Waals surface area contributed by atoms with E-state index < -0.39 is 0 Å². The van der Waals surface area contributed by atoms with E-state index in [2.05, 4.69) is 21.3 Å². The molecule has 24 heavy (non-hydrogen) atoms. The van der Waals surface area contributed by atoms with Gasteiger partial charge in [0.25, 0.3) is 0 Å². The van der Waals surface area contributed by atoms with Crippen LogP contribution in [0, 0.1) is 5.82 Å². The lowest BCUT2D eigenvalue weighted by Gasteiger charge is -2.18. The van der Waals surface area contributed by atoms with E-state index in [4.69, 9.17) is 0 Å². The summed E-state index contributed by atoms with van der Waals surface area (Å²) >= 11 is 0. The Labute approximate surface area is 138 Å². The number of nitrogens with zero attached hydrogens (tertiary/aromatic N) is 4. The van der Waals surface area contributed by atoms with Gasteiger partial charge < -0.3 is 0 Å². The van der Waals surface area contributed by atoms with Gasteiger partial charge in [-0.05, 0) is 17.7 Å². The van der Waals surface area contributed by atoms with Crippen LogP contribution in [0.5, 0.6) is 0 Å². The molecule has 0 unspecified atom stereocenters. The van der Waals surface area contributed by atoms with Crippen molar-refractivity contribution < 1.29 is 4.39 Å². The molecule has 0 saturated carbocycles. The number of hydrogen-bond acceptors (Lipinski definition) is 5. The van der Waals surface area contributed by atoms with Crippen LogP contribution in [0.3, 0.4) is 0 Å². The van der Waals surface area contributed by atoms with Gasteiger partial charge in [-0.1, -0.05) is 42.5 Å². The summed E-state index contributed by atoms with van der Waals surface area (Å²) in [7, 11) is 0. The second-order valence-corrected chi connectivity index (χ2v) is 5.36. The van der Waals surface area contributed by atoms with Gasteiger partial charge in [0.15, 0.2) is 5.84 Å². The van der Waals surface area contributed by atoms with Gasteiger partial charge in [0.05, 0.1) is 18.3 Å². The highest BCUT2D eigenvalue weighted by atomic mass is 19.1. The molecule has 0 spiro atoms. The van der Waals surface area contributed by atoms with E-state index in [1.807, 2.05) is 35.3 Å². The number of halogens is 1. The number of nitrogens with one attached hydrogen (secondary N) is 2. The molecular formula is C17H15FN6. The van der Waals surface area contributed by atoms with Gasteiger partial charge in [0.1, 0.15) is 11.5 Å². The van der Waals surface area contributed by atoms with E-state index in [1.54, 1.807) is 30.6 Å². The lowest BCUT2D eigenvalue weighted by molar-refractivity contribution is 0.288. The molecule has 2 aromatic carbocycles. The number of para-hydroxylation sites is 1. The van der Waals surface area contributed by atoms with Gasteiger partial charge in [-0.25, -0.2) is 14.6 Å². The summed E-state index contributed by atoms with van der Waals surface area (Å²) in [5, 5.41) is 10.4. The number of hydrazine groups is 2. The summed E-state index contributed by atoms with van der Waals surface area (Å²) in [5.41, 5.74) is 8.06. The highest BCUT2D eigenvalue weighted by Gasteiger charge is 2.21. The molecule has 1 aromatic heterocycles. The number of aromatic nitrogens is 2. The number of hydrogen-bond donors (Lipinski definition) is 2. The highest BCUT2D eigenvalue weighted by molar-refractivity contribution is 5.98. The Balaban J connectivity index is 1.59. The summed E-state index contributed by atoms with van der Waals surface area (Å²) in [5.74, 6) is 0.374. The molecular weight excluding hydrogens is 307 g/mol. The van der Waals surface area contributed by atoms with Crippen LogP contribution < -0.4 is 11.1 Å². The van der Waals surface area contributed by atoms with Crippen molar-refractivity contribution in [1.29, 1.82) is 0 Å². The number of benzene rings is 2. The smallest absolute Gasteiger partial charge is 0.176 e. The van der Waals surface area contributed by atoms with Gasteiger partial charge in [0.2, 0.25) is 0 Å². The van der Waals surface area contributed by atoms with E-state index in [0.29, 0.717) is 18.1 Å².